The molecule has 0 radical (unpaired) electrons. The number of hydrogen-bond donors (Lipinski definition) is 0. The van der Waals surface area contributed by atoms with E-state index in [1.54, 1.807) is 35.8 Å². The van der Waals surface area contributed by atoms with E-state index in [0.29, 0.717) is 29.3 Å². The molecule has 0 aliphatic carbocycles. The van der Waals surface area contributed by atoms with E-state index < -0.39 is 36.5 Å². The second-order valence-electron chi connectivity index (χ2n) is 9.02. The van der Waals surface area contributed by atoms with Gasteiger partial charge in [-0.2, -0.15) is 4.98 Å². The normalized spacial score (nSPS) is 20.1. The van der Waals surface area contributed by atoms with Gasteiger partial charge in [-0.15, -0.1) is 0 Å². The van der Waals surface area contributed by atoms with Crippen LogP contribution in [0.3, 0.4) is 0 Å². The molecule has 1 saturated heterocycles. The Bertz CT molecular complexity index is 1530. The van der Waals surface area contributed by atoms with Crippen LogP contribution in [-0.2, 0) is 14.3 Å². The second kappa shape index (κ2) is 11.4. The maximum absolute atomic E-state index is 13.6. The van der Waals surface area contributed by atoms with Gasteiger partial charge in [0, 0.05) is 11.8 Å². The van der Waals surface area contributed by atoms with Crippen molar-refractivity contribution in [1.82, 2.24) is 19.5 Å². The summed E-state index contributed by atoms with van der Waals surface area (Å²) in [6.07, 6.45) is -1.07. The van der Waals surface area contributed by atoms with Crippen molar-refractivity contribution >= 4 is 34.6 Å². The number of amides is 1. The molecular formula is C27H26N8O5. The molecule has 13 heteroatoms. The van der Waals surface area contributed by atoms with Crippen molar-refractivity contribution in [2.24, 2.45) is 5.11 Å². The molecule has 2 aromatic carbocycles. The van der Waals surface area contributed by atoms with Gasteiger partial charge in [-0.3, -0.25) is 9.36 Å². The summed E-state index contributed by atoms with van der Waals surface area (Å²) in [6, 6.07) is 17.4. The molecule has 1 aliphatic heterocycles. The zero-order valence-corrected chi connectivity index (χ0v) is 22.0. The number of para-hydroxylation sites is 2. The average molecular weight is 543 g/mol. The molecule has 1 aliphatic rings. The molecule has 5 rings (SSSR count). The first-order valence-electron chi connectivity index (χ1n) is 12.6. The first-order chi connectivity index (χ1) is 19.4. The highest BCUT2D eigenvalue weighted by Crippen LogP contribution is 2.38. The monoisotopic (exact) mass is 542 g/mol. The highest BCUT2D eigenvalue weighted by molar-refractivity contribution is 5.97. The van der Waals surface area contributed by atoms with E-state index in [2.05, 4.69) is 25.0 Å². The summed E-state index contributed by atoms with van der Waals surface area (Å²) < 4.78 is 19.1. The quantitative estimate of drug-likeness (QED) is 0.130. The molecule has 40 heavy (non-hydrogen) atoms. The number of carbonyl (C=O) groups excluding carboxylic acids is 2. The van der Waals surface area contributed by atoms with E-state index >= 15 is 0 Å². The topological polar surface area (TPSA) is 157 Å². The zero-order chi connectivity index (χ0) is 28.2. The molecule has 4 aromatic rings. The lowest BCUT2D eigenvalue weighted by molar-refractivity contribution is -0.152. The Balaban J connectivity index is 1.53. The Morgan fingerprint density at radius 2 is 1.75 bits per heavy atom. The number of aromatic nitrogens is 4. The smallest absolute Gasteiger partial charge is 0.425 e. The predicted octanol–water partition coefficient (Wildman–Crippen LogP) is 5.39. The number of aryl methyl sites for hydroxylation is 1. The molecule has 0 spiro atoms. The van der Waals surface area contributed by atoms with Crippen LogP contribution in [0.1, 0.15) is 32.3 Å². The fourth-order valence-electron chi connectivity index (χ4n) is 4.69. The van der Waals surface area contributed by atoms with Crippen molar-refractivity contribution in [3.63, 3.8) is 0 Å². The van der Waals surface area contributed by atoms with Gasteiger partial charge in [-0.25, -0.2) is 19.7 Å². The van der Waals surface area contributed by atoms with E-state index in [0.717, 1.165) is 0 Å². The lowest BCUT2D eigenvalue weighted by Gasteiger charge is -2.22. The van der Waals surface area contributed by atoms with Crippen LogP contribution < -0.4 is 9.64 Å². The summed E-state index contributed by atoms with van der Waals surface area (Å²) in [5.41, 5.74) is 10.8. The number of fused-ring (bicyclic) bond motifs is 1. The molecule has 0 N–H and O–H groups in total. The summed E-state index contributed by atoms with van der Waals surface area (Å²) in [5, 5.41) is 3.84. The maximum Gasteiger partial charge on any atom is 0.425 e. The SMILES string of the molecule is CC[C@H]1O[C@@H](n2cnc3c(OC(=O)N(c4ccccc4)c4ccccc4)nc(C)nc32)C(OC(C)=O)[C@H]1N=[N+]=[N-]. The van der Waals surface area contributed by atoms with E-state index in [4.69, 9.17) is 19.7 Å². The third kappa shape index (κ3) is 5.15. The van der Waals surface area contributed by atoms with Gasteiger partial charge < -0.3 is 14.2 Å². The van der Waals surface area contributed by atoms with Crippen molar-refractivity contribution in [2.75, 3.05) is 4.90 Å². The maximum atomic E-state index is 13.6. The highest BCUT2D eigenvalue weighted by atomic mass is 16.6. The van der Waals surface area contributed by atoms with Gasteiger partial charge in [0.25, 0.3) is 5.88 Å². The Morgan fingerprint density at radius 1 is 1.10 bits per heavy atom. The van der Waals surface area contributed by atoms with Crippen LogP contribution in [0.15, 0.2) is 72.1 Å². The lowest BCUT2D eigenvalue weighted by atomic mass is 10.1. The molecule has 0 saturated carbocycles. The van der Waals surface area contributed by atoms with Crippen molar-refractivity contribution in [2.45, 2.75) is 51.7 Å². The number of nitrogens with zero attached hydrogens (tertiary/aromatic N) is 8. The third-order valence-electron chi connectivity index (χ3n) is 6.37. The molecule has 1 amide bonds. The zero-order valence-electron chi connectivity index (χ0n) is 22.0. The number of benzene rings is 2. The molecule has 4 atom stereocenters. The Labute approximate surface area is 229 Å². The summed E-state index contributed by atoms with van der Waals surface area (Å²) >= 11 is 0. The largest absolute Gasteiger partial charge is 0.457 e. The molecule has 1 unspecified atom stereocenters. The van der Waals surface area contributed by atoms with E-state index in [-0.39, 0.29) is 11.4 Å². The van der Waals surface area contributed by atoms with Gasteiger partial charge in [0.05, 0.1) is 23.8 Å². The Kier molecular flexibility index (Phi) is 7.58. The first kappa shape index (κ1) is 26.6. The standard InChI is InChI=1S/C27H26N8O5/c1-4-20-21(32-33-28)23(38-17(3)36)26(39-20)34-15-29-22-24(34)30-16(2)31-25(22)40-27(37)35(18-11-7-5-8-12-18)19-13-9-6-10-14-19/h5-15,20-21,23,26H,4H2,1-3H3/t20-,21+,23?,26-/m1/s1. The lowest BCUT2D eigenvalue weighted by Crippen LogP contribution is -2.34. The van der Waals surface area contributed by atoms with Crippen LogP contribution in [0.2, 0.25) is 0 Å². The van der Waals surface area contributed by atoms with Crippen LogP contribution in [0.4, 0.5) is 16.2 Å². The van der Waals surface area contributed by atoms with Crippen molar-refractivity contribution in [1.29, 1.82) is 0 Å². The van der Waals surface area contributed by atoms with Crippen LogP contribution in [0.5, 0.6) is 5.88 Å². The van der Waals surface area contributed by atoms with Gasteiger partial charge in [0.2, 0.25) is 0 Å². The van der Waals surface area contributed by atoms with Crippen LogP contribution >= 0.6 is 0 Å². The van der Waals surface area contributed by atoms with Crippen molar-refractivity contribution in [3.8, 4) is 5.88 Å². The van der Waals surface area contributed by atoms with Crippen LogP contribution in [0.25, 0.3) is 21.6 Å². The number of ether oxygens (including phenoxy) is 3. The van der Waals surface area contributed by atoms with Crippen molar-refractivity contribution in [3.05, 3.63) is 83.3 Å². The highest BCUT2D eigenvalue weighted by Gasteiger charge is 2.47. The van der Waals surface area contributed by atoms with Crippen LogP contribution in [-0.4, -0.2) is 49.8 Å². The number of carbonyl (C=O) groups is 2. The minimum absolute atomic E-state index is 0.0521. The van der Waals surface area contributed by atoms with Gasteiger partial charge in [0.1, 0.15) is 11.9 Å². The number of azide groups is 1. The fourth-order valence-corrected chi connectivity index (χ4v) is 4.69. The molecule has 3 heterocycles. The number of esters is 1. The summed E-state index contributed by atoms with van der Waals surface area (Å²) in [7, 11) is 0. The first-order valence-corrected chi connectivity index (χ1v) is 12.6. The van der Waals surface area contributed by atoms with Gasteiger partial charge in [-0.05, 0) is 43.1 Å². The van der Waals surface area contributed by atoms with Crippen LogP contribution in [0, 0.1) is 6.92 Å². The number of anilines is 2. The van der Waals surface area contributed by atoms with Crippen molar-refractivity contribution < 1.29 is 23.8 Å². The van der Waals surface area contributed by atoms with Gasteiger partial charge >= 0.3 is 12.1 Å². The number of hydrogen-bond acceptors (Lipinski definition) is 9. The number of rotatable bonds is 7. The van der Waals surface area contributed by atoms with E-state index in [1.165, 1.54) is 18.2 Å². The summed E-state index contributed by atoms with van der Waals surface area (Å²) in [6.45, 7) is 4.79. The number of imidazole rings is 1. The fraction of sp³-hybridized carbons (Fsp3) is 0.296. The Morgan fingerprint density at radius 3 is 2.33 bits per heavy atom. The second-order valence-corrected chi connectivity index (χ2v) is 9.02. The molecule has 204 valence electrons. The van der Waals surface area contributed by atoms with E-state index in [1.807, 2.05) is 43.3 Å². The predicted molar refractivity (Wildman–Crippen MR) is 144 cm³/mol. The average Bonchev–Trinajstić information content (AvgIpc) is 3.51. The van der Waals surface area contributed by atoms with E-state index in [9.17, 15) is 9.59 Å². The molecule has 2 aromatic heterocycles. The minimum Gasteiger partial charge on any atom is -0.457 e. The van der Waals surface area contributed by atoms with Gasteiger partial charge in [-0.1, -0.05) is 48.4 Å². The molecular weight excluding hydrogens is 516 g/mol. The Hall–Kier alpha value is -5.00. The van der Waals surface area contributed by atoms with Gasteiger partial charge in [0.15, 0.2) is 23.5 Å². The molecule has 0 bridgehead atoms. The minimum atomic E-state index is -0.927. The molecule has 13 nitrogen and oxygen atoms in total. The molecule has 1 fully saturated rings. The third-order valence-corrected chi connectivity index (χ3v) is 6.37. The summed E-state index contributed by atoms with van der Waals surface area (Å²) in [4.78, 5) is 43.1. The summed E-state index contributed by atoms with van der Waals surface area (Å²) in [5.74, 6) is -0.298.